The topological polar surface area (TPSA) is 30.5 Å². The highest BCUT2D eigenvalue weighted by Gasteiger charge is 2.13. The Bertz CT molecular complexity index is 771. The van der Waals surface area contributed by atoms with Crippen molar-refractivity contribution in [1.29, 1.82) is 0 Å². The van der Waals surface area contributed by atoms with Crippen LogP contribution in [0.15, 0.2) is 34.8 Å². The van der Waals surface area contributed by atoms with E-state index in [1.165, 1.54) is 38.5 Å². The van der Waals surface area contributed by atoms with E-state index in [1.54, 1.807) is 19.2 Å². The second-order valence-electron chi connectivity index (χ2n) is 7.08. The van der Waals surface area contributed by atoms with E-state index in [4.69, 9.17) is 32.7 Å². The number of unbranched alkanes of at least 4 members (excludes halogenated alkanes) is 5. The molecule has 6 heteroatoms. The van der Waals surface area contributed by atoms with Crippen LogP contribution in [0.4, 0.5) is 0 Å². The second kappa shape index (κ2) is 13.4. The van der Waals surface area contributed by atoms with Gasteiger partial charge in [0.2, 0.25) is 0 Å². The molecule has 0 saturated heterocycles. The van der Waals surface area contributed by atoms with Gasteiger partial charge in [-0.05, 0) is 58.7 Å². The van der Waals surface area contributed by atoms with Crippen LogP contribution in [0.25, 0.3) is 0 Å². The summed E-state index contributed by atoms with van der Waals surface area (Å²) in [5.74, 6) is 1.36. The molecule has 0 heterocycles. The largest absolute Gasteiger partial charge is 0.493 e. The summed E-state index contributed by atoms with van der Waals surface area (Å²) in [6.45, 7) is 4.41. The van der Waals surface area contributed by atoms with E-state index < -0.39 is 0 Å². The Balaban J connectivity index is 1.88. The molecule has 0 amide bonds. The molecule has 2 aromatic rings. The van der Waals surface area contributed by atoms with Crippen molar-refractivity contribution in [2.24, 2.45) is 0 Å². The van der Waals surface area contributed by atoms with Gasteiger partial charge in [-0.1, -0.05) is 68.3 Å². The zero-order valence-corrected chi connectivity index (χ0v) is 20.3. The maximum Gasteiger partial charge on any atom is 0.175 e. The molecular weight excluding hydrogens is 473 g/mol. The predicted molar refractivity (Wildman–Crippen MR) is 127 cm³/mol. The summed E-state index contributed by atoms with van der Waals surface area (Å²) in [6.07, 6.45) is 7.83. The third-order valence-corrected chi connectivity index (χ3v) is 5.89. The molecule has 0 aliphatic rings. The van der Waals surface area contributed by atoms with Gasteiger partial charge in [0, 0.05) is 22.2 Å². The van der Waals surface area contributed by atoms with Crippen LogP contribution in [0.3, 0.4) is 0 Å². The first-order valence-corrected chi connectivity index (χ1v) is 11.7. The van der Waals surface area contributed by atoms with E-state index >= 15 is 0 Å². The Kier molecular flexibility index (Phi) is 11.2. The van der Waals surface area contributed by atoms with E-state index in [2.05, 4.69) is 34.2 Å². The minimum absolute atomic E-state index is 0.334. The molecule has 2 rings (SSSR count). The molecular formula is C23H30BrCl2NO2. The highest BCUT2D eigenvalue weighted by molar-refractivity contribution is 9.10. The number of hydrogen-bond acceptors (Lipinski definition) is 3. The highest BCUT2D eigenvalue weighted by atomic mass is 79.9. The molecule has 0 atom stereocenters. The van der Waals surface area contributed by atoms with Crippen molar-refractivity contribution >= 4 is 39.1 Å². The van der Waals surface area contributed by atoms with E-state index in [-0.39, 0.29) is 0 Å². The first-order valence-electron chi connectivity index (χ1n) is 10.2. The van der Waals surface area contributed by atoms with Crippen molar-refractivity contribution in [3.05, 3.63) is 56.0 Å². The normalized spacial score (nSPS) is 10.9. The Morgan fingerprint density at radius 2 is 1.76 bits per heavy atom. The lowest BCUT2D eigenvalue weighted by Crippen LogP contribution is -2.14. The molecule has 1 N–H and O–H groups in total. The van der Waals surface area contributed by atoms with Gasteiger partial charge in [-0.3, -0.25) is 0 Å². The van der Waals surface area contributed by atoms with E-state index in [1.807, 2.05) is 12.1 Å². The lowest BCUT2D eigenvalue weighted by atomic mass is 10.1. The first kappa shape index (κ1) is 24.3. The van der Waals surface area contributed by atoms with Crippen LogP contribution in [0.1, 0.15) is 56.6 Å². The molecule has 160 valence electrons. The average molecular weight is 503 g/mol. The van der Waals surface area contributed by atoms with Crippen molar-refractivity contribution in [3.8, 4) is 11.5 Å². The van der Waals surface area contributed by atoms with Crippen LogP contribution in [0, 0.1) is 0 Å². The first-order chi connectivity index (χ1) is 14.0. The van der Waals surface area contributed by atoms with Crippen molar-refractivity contribution in [1.82, 2.24) is 5.32 Å². The minimum atomic E-state index is 0.334. The van der Waals surface area contributed by atoms with Crippen LogP contribution in [0.5, 0.6) is 11.5 Å². The van der Waals surface area contributed by atoms with Gasteiger partial charge in [-0.25, -0.2) is 0 Å². The fraction of sp³-hybridized carbons (Fsp3) is 0.478. The van der Waals surface area contributed by atoms with Gasteiger partial charge < -0.3 is 14.8 Å². The Morgan fingerprint density at radius 3 is 2.48 bits per heavy atom. The van der Waals surface area contributed by atoms with Gasteiger partial charge >= 0.3 is 0 Å². The van der Waals surface area contributed by atoms with Gasteiger partial charge in [-0.2, -0.15) is 0 Å². The van der Waals surface area contributed by atoms with Crippen molar-refractivity contribution in [3.63, 3.8) is 0 Å². The van der Waals surface area contributed by atoms with E-state index in [9.17, 15) is 0 Å². The van der Waals surface area contributed by atoms with Gasteiger partial charge in [0.05, 0.1) is 11.6 Å². The van der Waals surface area contributed by atoms with Crippen molar-refractivity contribution < 1.29 is 9.47 Å². The molecule has 0 saturated carbocycles. The zero-order valence-electron chi connectivity index (χ0n) is 17.2. The molecule has 0 radical (unpaired) electrons. The molecule has 3 nitrogen and oxygen atoms in total. The third kappa shape index (κ3) is 8.37. The number of hydrogen-bond donors (Lipinski definition) is 1. The smallest absolute Gasteiger partial charge is 0.175 e. The standard InChI is InChI=1S/C23H30BrCl2NO2/c1-3-4-5-6-7-8-11-27-15-17-12-20(24)23(22(13-17)28-2)29-16-18-9-10-19(25)14-21(18)26/h9-10,12-14,27H,3-8,11,15-16H2,1-2H3. The summed E-state index contributed by atoms with van der Waals surface area (Å²) in [5, 5.41) is 4.71. The number of rotatable bonds is 13. The fourth-order valence-corrected chi connectivity index (χ4v) is 4.13. The Labute approximate surface area is 193 Å². The molecule has 0 aromatic heterocycles. The maximum absolute atomic E-state index is 6.24. The van der Waals surface area contributed by atoms with Crippen molar-refractivity contribution in [2.45, 2.75) is 58.6 Å². The van der Waals surface area contributed by atoms with E-state index in [0.29, 0.717) is 28.2 Å². The summed E-state index contributed by atoms with van der Waals surface area (Å²) in [4.78, 5) is 0. The molecule has 0 aliphatic heterocycles. The molecule has 29 heavy (non-hydrogen) atoms. The fourth-order valence-electron chi connectivity index (χ4n) is 3.07. The molecule has 0 fully saturated rings. The molecule has 0 spiro atoms. The number of benzene rings is 2. The average Bonchev–Trinajstić information content (AvgIpc) is 2.70. The SMILES string of the molecule is CCCCCCCCNCc1cc(Br)c(OCc2ccc(Cl)cc2Cl)c(OC)c1. The number of nitrogens with one attached hydrogen (secondary N) is 1. The van der Waals surface area contributed by atoms with Crippen LogP contribution in [-0.2, 0) is 13.2 Å². The van der Waals surface area contributed by atoms with Gasteiger partial charge in [-0.15, -0.1) is 0 Å². The van der Waals surface area contributed by atoms with Crippen molar-refractivity contribution in [2.75, 3.05) is 13.7 Å². The Hall–Kier alpha value is -0.940. The maximum atomic E-state index is 6.24. The lowest BCUT2D eigenvalue weighted by molar-refractivity contribution is 0.282. The van der Waals surface area contributed by atoms with E-state index in [0.717, 1.165) is 28.7 Å². The highest BCUT2D eigenvalue weighted by Crippen LogP contribution is 2.37. The van der Waals surface area contributed by atoms with Gasteiger partial charge in [0.1, 0.15) is 6.61 Å². The summed E-state index contributed by atoms with van der Waals surface area (Å²) in [5.41, 5.74) is 2.02. The Morgan fingerprint density at radius 1 is 1.00 bits per heavy atom. The zero-order chi connectivity index (χ0) is 21.1. The number of halogens is 3. The van der Waals surface area contributed by atoms with Gasteiger partial charge in [0.25, 0.3) is 0 Å². The van der Waals surface area contributed by atoms with Crippen LogP contribution in [0.2, 0.25) is 10.0 Å². The second-order valence-corrected chi connectivity index (χ2v) is 8.78. The molecule has 0 aliphatic carbocycles. The lowest BCUT2D eigenvalue weighted by Gasteiger charge is -2.15. The monoisotopic (exact) mass is 501 g/mol. The van der Waals surface area contributed by atoms with Crippen LogP contribution in [-0.4, -0.2) is 13.7 Å². The predicted octanol–water partition coefficient (Wildman–Crippen LogP) is 7.79. The van der Waals surface area contributed by atoms with Gasteiger partial charge in [0.15, 0.2) is 11.5 Å². The van der Waals surface area contributed by atoms with Crippen LogP contribution >= 0.6 is 39.1 Å². The molecule has 0 unspecified atom stereocenters. The third-order valence-electron chi connectivity index (χ3n) is 4.71. The summed E-state index contributed by atoms with van der Waals surface area (Å²) in [6, 6.07) is 9.46. The molecule has 0 bridgehead atoms. The minimum Gasteiger partial charge on any atom is -0.493 e. The summed E-state index contributed by atoms with van der Waals surface area (Å²) in [7, 11) is 1.65. The summed E-state index contributed by atoms with van der Waals surface area (Å²) < 4.78 is 12.4. The summed E-state index contributed by atoms with van der Waals surface area (Å²) >= 11 is 15.8. The molecule has 2 aromatic carbocycles. The van der Waals surface area contributed by atoms with Crippen LogP contribution < -0.4 is 14.8 Å². The number of ether oxygens (including phenoxy) is 2. The quantitative estimate of drug-likeness (QED) is 0.283. The number of methoxy groups -OCH3 is 1.